The first-order valence-corrected chi connectivity index (χ1v) is 13.2. The van der Waals surface area contributed by atoms with E-state index >= 15 is 0 Å². The Labute approximate surface area is 197 Å². The molecule has 0 unspecified atom stereocenters. The van der Waals surface area contributed by atoms with E-state index in [1.54, 1.807) is 24.3 Å². The molecule has 0 aromatic heterocycles. The number of nitrogens with one attached hydrogen (secondary N) is 2. The molecule has 1 saturated heterocycles. The van der Waals surface area contributed by atoms with E-state index < -0.39 is 10.0 Å². The lowest BCUT2D eigenvalue weighted by Gasteiger charge is -2.24. The van der Waals surface area contributed by atoms with Gasteiger partial charge >= 0.3 is 0 Å². The van der Waals surface area contributed by atoms with Gasteiger partial charge in [0.2, 0.25) is 0 Å². The van der Waals surface area contributed by atoms with Gasteiger partial charge in [-0.1, -0.05) is 48.5 Å². The van der Waals surface area contributed by atoms with Crippen molar-refractivity contribution in [2.24, 2.45) is 5.92 Å². The molecular weight excluding hydrogens is 432 g/mol. The van der Waals surface area contributed by atoms with Gasteiger partial charge in [0, 0.05) is 0 Å². The summed E-state index contributed by atoms with van der Waals surface area (Å²) in [5.74, 6) is 1.47. The zero-order chi connectivity index (χ0) is 22.9. The van der Waals surface area contributed by atoms with Crippen LogP contribution in [0.25, 0.3) is 0 Å². The van der Waals surface area contributed by atoms with Gasteiger partial charge in [-0.2, -0.15) is 0 Å². The Balaban J connectivity index is 1.53. The molecule has 0 aliphatic carbocycles. The highest BCUT2D eigenvalue weighted by atomic mass is 32.2. The number of para-hydroxylation sites is 1. The lowest BCUT2D eigenvalue weighted by atomic mass is 9.87. The fraction of sp³-hybridized carbons (Fsp3) is 0.333. The average molecular weight is 465 g/mol. The minimum absolute atomic E-state index is 0.270. The predicted molar refractivity (Wildman–Crippen MR) is 133 cm³/mol. The number of hydrogen-bond donors (Lipinski definition) is 2. The third-order valence-corrected chi connectivity index (χ3v) is 7.50. The Morgan fingerprint density at radius 2 is 1.58 bits per heavy atom. The Kier molecular flexibility index (Phi) is 8.02. The normalized spacial score (nSPS) is 14.7. The van der Waals surface area contributed by atoms with Crippen molar-refractivity contribution in [1.82, 2.24) is 5.32 Å². The van der Waals surface area contributed by atoms with Gasteiger partial charge in [-0.05, 0) is 92.6 Å². The van der Waals surface area contributed by atoms with Gasteiger partial charge in [-0.15, -0.1) is 0 Å². The molecule has 33 heavy (non-hydrogen) atoms. The van der Waals surface area contributed by atoms with Crippen molar-refractivity contribution in [3.8, 4) is 5.75 Å². The molecule has 1 aliphatic heterocycles. The summed E-state index contributed by atoms with van der Waals surface area (Å²) in [5.41, 5.74) is 2.98. The van der Waals surface area contributed by atoms with Crippen molar-refractivity contribution in [3.63, 3.8) is 0 Å². The van der Waals surface area contributed by atoms with Gasteiger partial charge in [0.15, 0.2) is 0 Å². The lowest BCUT2D eigenvalue weighted by Crippen LogP contribution is -2.29. The van der Waals surface area contributed by atoms with Gasteiger partial charge in [0.1, 0.15) is 5.75 Å². The van der Waals surface area contributed by atoms with E-state index in [4.69, 9.17) is 4.74 Å². The van der Waals surface area contributed by atoms with Crippen LogP contribution >= 0.6 is 0 Å². The summed E-state index contributed by atoms with van der Waals surface area (Å²) in [6.07, 6.45) is 4.82. The number of anilines is 1. The largest absolute Gasteiger partial charge is 0.494 e. The quantitative estimate of drug-likeness (QED) is 0.413. The number of hydrogen-bond acceptors (Lipinski definition) is 4. The van der Waals surface area contributed by atoms with E-state index in [0.717, 1.165) is 56.5 Å². The summed E-state index contributed by atoms with van der Waals surface area (Å²) in [7, 11) is -3.65. The van der Waals surface area contributed by atoms with Gasteiger partial charge in [0.25, 0.3) is 10.0 Å². The number of benzene rings is 3. The molecule has 0 saturated carbocycles. The Hall–Kier alpha value is -2.83. The zero-order valence-corrected chi connectivity index (χ0v) is 19.7. The molecule has 0 bridgehead atoms. The first-order chi connectivity index (χ1) is 16.1. The third kappa shape index (κ3) is 6.59. The summed E-state index contributed by atoms with van der Waals surface area (Å²) in [5, 5.41) is 3.42. The Morgan fingerprint density at radius 1 is 0.879 bits per heavy atom. The average Bonchev–Trinajstić information content (AvgIpc) is 2.85. The van der Waals surface area contributed by atoms with Crippen LogP contribution in [0.1, 0.15) is 30.4 Å². The summed E-state index contributed by atoms with van der Waals surface area (Å²) in [4.78, 5) is 0.270. The summed E-state index contributed by atoms with van der Waals surface area (Å²) >= 11 is 0. The maximum Gasteiger partial charge on any atom is 0.261 e. The molecule has 0 radical (unpaired) electrons. The van der Waals surface area contributed by atoms with Gasteiger partial charge in [-0.25, -0.2) is 8.42 Å². The molecule has 1 fully saturated rings. The fourth-order valence-electron chi connectivity index (χ4n) is 4.37. The monoisotopic (exact) mass is 464 g/mol. The smallest absolute Gasteiger partial charge is 0.261 e. The van der Waals surface area contributed by atoms with Crippen molar-refractivity contribution >= 4 is 15.7 Å². The van der Waals surface area contributed by atoms with Gasteiger partial charge < -0.3 is 10.1 Å². The molecule has 1 heterocycles. The van der Waals surface area contributed by atoms with Crippen LogP contribution in [-0.4, -0.2) is 28.1 Å². The topological polar surface area (TPSA) is 67.4 Å². The van der Waals surface area contributed by atoms with Crippen LogP contribution in [0.5, 0.6) is 5.75 Å². The first-order valence-electron chi connectivity index (χ1n) is 11.7. The van der Waals surface area contributed by atoms with Crippen LogP contribution in [-0.2, 0) is 22.9 Å². The van der Waals surface area contributed by atoms with Crippen molar-refractivity contribution in [2.45, 2.75) is 37.0 Å². The van der Waals surface area contributed by atoms with Crippen LogP contribution < -0.4 is 14.8 Å². The fourth-order valence-corrected chi connectivity index (χ4v) is 5.49. The molecular formula is C27H32N2O3S. The maximum atomic E-state index is 13.0. The van der Waals surface area contributed by atoms with E-state index in [-0.39, 0.29) is 4.90 Å². The second-order valence-corrected chi connectivity index (χ2v) is 10.2. The van der Waals surface area contributed by atoms with Crippen molar-refractivity contribution in [2.75, 3.05) is 24.4 Å². The van der Waals surface area contributed by atoms with Crippen molar-refractivity contribution in [1.29, 1.82) is 0 Å². The molecule has 3 aromatic carbocycles. The molecule has 1 aliphatic rings. The van der Waals surface area contributed by atoms with Crippen molar-refractivity contribution in [3.05, 3.63) is 90.0 Å². The standard InChI is InChI=1S/C27H32N2O3S/c30-33(31,25-12-5-2-6-13-25)29-27-15-7-9-23(21-22-16-18-28-19-17-22)26(27)14-8-20-32-24-10-3-1-4-11-24/h1-7,9-13,15,22,28-29H,8,14,16-21H2. The molecule has 4 rings (SSSR count). The van der Waals surface area contributed by atoms with Crippen molar-refractivity contribution < 1.29 is 13.2 Å². The highest BCUT2D eigenvalue weighted by Crippen LogP contribution is 2.28. The molecule has 0 spiro atoms. The number of ether oxygens (including phenoxy) is 1. The highest BCUT2D eigenvalue weighted by Gasteiger charge is 2.20. The molecule has 0 amide bonds. The number of rotatable bonds is 10. The minimum atomic E-state index is -3.65. The predicted octanol–water partition coefficient (Wildman–Crippen LogP) is 5.04. The SMILES string of the molecule is O=S(=O)(Nc1cccc(CC2CCNCC2)c1CCCOc1ccccc1)c1ccccc1. The van der Waals surface area contributed by atoms with Crippen LogP contribution in [0.15, 0.2) is 83.8 Å². The summed E-state index contributed by atoms with van der Waals surface area (Å²) in [6.45, 7) is 2.67. The van der Waals surface area contributed by atoms with Gasteiger partial charge in [0.05, 0.1) is 17.2 Å². The number of piperidine rings is 1. The second kappa shape index (κ2) is 11.3. The molecule has 5 nitrogen and oxygen atoms in total. The zero-order valence-electron chi connectivity index (χ0n) is 18.9. The van der Waals surface area contributed by atoms with Crippen LogP contribution in [0.3, 0.4) is 0 Å². The Bertz CT molecular complexity index is 1110. The highest BCUT2D eigenvalue weighted by molar-refractivity contribution is 7.92. The third-order valence-electron chi connectivity index (χ3n) is 6.12. The number of sulfonamides is 1. The van der Waals surface area contributed by atoms with Crippen LogP contribution in [0.4, 0.5) is 5.69 Å². The van der Waals surface area contributed by atoms with E-state index in [9.17, 15) is 8.42 Å². The summed E-state index contributed by atoms with van der Waals surface area (Å²) < 4.78 is 34.8. The van der Waals surface area contributed by atoms with E-state index in [1.165, 1.54) is 5.56 Å². The Morgan fingerprint density at radius 3 is 2.30 bits per heavy atom. The molecule has 3 aromatic rings. The molecule has 0 atom stereocenters. The molecule has 6 heteroatoms. The first kappa shape index (κ1) is 23.3. The lowest BCUT2D eigenvalue weighted by molar-refractivity contribution is 0.310. The summed E-state index contributed by atoms with van der Waals surface area (Å²) in [6, 6.07) is 24.3. The van der Waals surface area contributed by atoms with Gasteiger partial charge in [-0.3, -0.25) is 4.72 Å². The van der Waals surface area contributed by atoms with E-state index in [0.29, 0.717) is 18.2 Å². The minimum Gasteiger partial charge on any atom is -0.494 e. The van der Waals surface area contributed by atoms with E-state index in [1.807, 2.05) is 48.5 Å². The maximum absolute atomic E-state index is 13.0. The molecule has 2 N–H and O–H groups in total. The molecule has 174 valence electrons. The second-order valence-electron chi connectivity index (χ2n) is 8.52. The van der Waals surface area contributed by atoms with Crippen LogP contribution in [0, 0.1) is 5.92 Å². The van der Waals surface area contributed by atoms with Crippen LogP contribution in [0.2, 0.25) is 0 Å². The van der Waals surface area contributed by atoms with E-state index in [2.05, 4.69) is 16.1 Å².